The lowest BCUT2D eigenvalue weighted by molar-refractivity contribution is -0.115. The van der Waals surface area contributed by atoms with Crippen LogP contribution >= 0.6 is 0 Å². The van der Waals surface area contributed by atoms with Gasteiger partial charge in [-0.1, -0.05) is 60.9 Å². The first kappa shape index (κ1) is 17.9. The Morgan fingerprint density at radius 1 is 1.08 bits per heavy atom. The van der Waals surface area contributed by atoms with E-state index >= 15 is 0 Å². The minimum absolute atomic E-state index is 0.115. The molecular weight excluding hydrogens is 326 g/mol. The van der Waals surface area contributed by atoms with Crippen LogP contribution in [0.2, 0.25) is 0 Å². The Balaban J connectivity index is 1.66. The first-order valence-corrected chi connectivity index (χ1v) is 8.72. The van der Waals surface area contributed by atoms with Gasteiger partial charge in [0.2, 0.25) is 11.8 Å². The highest BCUT2D eigenvalue weighted by molar-refractivity contribution is 5.90. The number of aryl methyl sites for hydroxylation is 2. The van der Waals surface area contributed by atoms with Gasteiger partial charge in [0.15, 0.2) is 0 Å². The SMILES string of the molecule is Cc1ccc(-c2nnc(NC(=O)Cc3ccc(C(C)C)cc3)o2)c(C)c1. The summed E-state index contributed by atoms with van der Waals surface area (Å²) in [4.78, 5) is 12.2. The van der Waals surface area contributed by atoms with Crippen LogP contribution in [0, 0.1) is 13.8 Å². The third kappa shape index (κ3) is 4.17. The molecular formula is C21H23N3O2. The average Bonchev–Trinajstić information content (AvgIpc) is 3.03. The Labute approximate surface area is 153 Å². The molecule has 0 aliphatic carbocycles. The fraction of sp³-hybridized carbons (Fsp3) is 0.286. The molecule has 5 nitrogen and oxygen atoms in total. The van der Waals surface area contributed by atoms with Crippen molar-refractivity contribution in [1.29, 1.82) is 0 Å². The van der Waals surface area contributed by atoms with Crippen molar-refractivity contribution in [2.45, 2.75) is 40.0 Å². The van der Waals surface area contributed by atoms with Gasteiger partial charge >= 0.3 is 6.01 Å². The molecule has 0 fully saturated rings. The number of rotatable bonds is 5. The summed E-state index contributed by atoms with van der Waals surface area (Å²) in [6.07, 6.45) is 0.264. The van der Waals surface area contributed by atoms with Crippen molar-refractivity contribution in [1.82, 2.24) is 10.2 Å². The number of anilines is 1. The molecule has 0 unspecified atom stereocenters. The highest BCUT2D eigenvalue weighted by Crippen LogP contribution is 2.24. The summed E-state index contributed by atoms with van der Waals surface area (Å²) in [5.41, 5.74) is 5.29. The zero-order chi connectivity index (χ0) is 18.7. The minimum Gasteiger partial charge on any atom is -0.403 e. The van der Waals surface area contributed by atoms with Gasteiger partial charge in [0.05, 0.1) is 6.42 Å². The smallest absolute Gasteiger partial charge is 0.322 e. The van der Waals surface area contributed by atoms with E-state index in [-0.39, 0.29) is 18.3 Å². The first-order valence-electron chi connectivity index (χ1n) is 8.72. The van der Waals surface area contributed by atoms with Gasteiger partial charge in [-0.25, -0.2) is 0 Å². The van der Waals surface area contributed by atoms with E-state index < -0.39 is 0 Å². The van der Waals surface area contributed by atoms with Crippen molar-refractivity contribution < 1.29 is 9.21 Å². The zero-order valence-electron chi connectivity index (χ0n) is 15.5. The molecule has 5 heteroatoms. The highest BCUT2D eigenvalue weighted by atomic mass is 16.4. The molecule has 0 radical (unpaired) electrons. The fourth-order valence-corrected chi connectivity index (χ4v) is 2.81. The van der Waals surface area contributed by atoms with Crippen molar-refractivity contribution in [3.8, 4) is 11.5 Å². The predicted molar refractivity (Wildman–Crippen MR) is 102 cm³/mol. The van der Waals surface area contributed by atoms with Gasteiger partial charge < -0.3 is 4.42 Å². The molecule has 1 heterocycles. The van der Waals surface area contributed by atoms with Crippen molar-refractivity contribution in [2.75, 3.05) is 5.32 Å². The van der Waals surface area contributed by atoms with Crippen LogP contribution in [0.15, 0.2) is 46.9 Å². The van der Waals surface area contributed by atoms with Crippen LogP contribution in [0.4, 0.5) is 6.01 Å². The summed E-state index contributed by atoms with van der Waals surface area (Å²) in [6.45, 7) is 8.31. The number of hydrogen-bond acceptors (Lipinski definition) is 4. The molecule has 1 amide bonds. The van der Waals surface area contributed by atoms with Gasteiger partial charge in [0.1, 0.15) is 0 Å². The number of hydrogen-bond donors (Lipinski definition) is 1. The maximum atomic E-state index is 12.2. The monoisotopic (exact) mass is 349 g/mol. The van der Waals surface area contributed by atoms with Crippen molar-refractivity contribution in [2.24, 2.45) is 0 Å². The van der Waals surface area contributed by atoms with E-state index in [0.29, 0.717) is 11.8 Å². The van der Waals surface area contributed by atoms with E-state index in [1.54, 1.807) is 0 Å². The van der Waals surface area contributed by atoms with Crippen LogP contribution < -0.4 is 5.32 Å². The van der Waals surface area contributed by atoms with Gasteiger partial charge in [-0.2, -0.15) is 0 Å². The molecule has 0 bridgehead atoms. The topological polar surface area (TPSA) is 68.0 Å². The van der Waals surface area contributed by atoms with Crippen molar-refractivity contribution >= 4 is 11.9 Å². The van der Waals surface area contributed by atoms with Crippen LogP contribution in [0.1, 0.15) is 42.0 Å². The standard InChI is InChI=1S/C21H23N3O2/c1-13(2)17-8-6-16(7-9-17)12-19(25)22-21-24-23-20(26-21)18-10-5-14(3)11-15(18)4/h5-11,13H,12H2,1-4H3,(H,22,24,25). The minimum atomic E-state index is -0.182. The second-order valence-electron chi connectivity index (χ2n) is 6.85. The number of carbonyl (C=O) groups excluding carboxylic acids is 1. The summed E-state index contributed by atoms with van der Waals surface area (Å²) < 4.78 is 5.60. The van der Waals surface area contributed by atoms with Crippen molar-refractivity contribution in [3.05, 3.63) is 64.7 Å². The maximum absolute atomic E-state index is 12.2. The lowest BCUT2D eigenvalue weighted by Crippen LogP contribution is -2.14. The molecule has 0 aliphatic heterocycles. The normalized spacial score (nSPS) is 11.0. The van der Waals surface area contributed by atoms with Gasteiger partial charge in [0.25, 0.3) is 0 Å². The largest absolute Gasteiger partial charge is 0.403 e. The van der Waals surface area contributed by atoms with E-state index in [1.165, 1.54) is 11.1 Å². The Bertz CT molecular complexity index is 911. The summed E-state index contributed by atoms with van der Waals surface area (Å²) in [5, 5.41) is 10.6. The Morgan fingerprint density at radius 2 is 1.81 bits per heavy atom. The summed E-state index contributed by atoms with van der Waals surface area (Å²) in [7, 11) is 0. The number of benzene rings is 2. The lowest BCUT2D eigenvalue weighted by atomic mass is 10.0. The second kappa shape index (κ2) is 7.52. The summed E-state index contributed by atoms with van der Waals surface area (Å²) in [6, 6.07) is 14.2. The molecule has 3 aromatic rings. The van der Waals surface area contributed by atoms with E-state index in [9.17, 15) is 4.79 Å². The Hall–Kier alpha value is -2.95. The maximum Gasteiger partial charge on any atom is 0.322 e. The predicted octanol–water partition coefficient (Wildman–Crippen LogP) is 4.66. The van der Waals surface area contributed by atoms with E-state index in [1.807, 2.05) is 38.1 Å². The quantitative estimate of drug-likeness (QED) is 0.727. The van der Waals surface area contributed by atoms with Crippen molar-refractivity contribution in [3.63, 3.8) is 0 Å². The number of nitrogens with zero attached hydrogens (tertiary/aromatic N) is 2. The number of amides is 1. The highest BCUT2D eigenvalue weighted by Gasteiger charge is 2.13. The van der Waals surface area contributed by atoms with Gasteiger partial charge in [-0.05, 0) is 42.5 Å². The van der Waals surface area contributed by atoms with Crippen LogP contribution in [-0.4, -0.2) is 16.1 Å². The third-order valence-corrected chi connectivity index (χ3v) is 4.29. The van der Waals surface area contributed by atoms with E-state index in [2.05, 4.69) is 47.6 Å². The average molecular weight is 349 g/mol. The molecule has 2 aromatic carbocycles. The Kier molecular flexibility index (Phi) is 5.16. The number of nitrogens with one attached hydrogen (secondary N) is 1. The number of carbonyl (C=O) groups is 1. The van der Waals surface area contributed by atoms with Crippen LogP contribution in [0.3, 0.4) is 0 Å². The molecule has 0 spiro atoms. The van der Waals surface area contributed by atoms with Gasteiger partial charge in [-0.3, -0.25) is 10.1 Å². The molecule has 0 saturated heterocycles. The zero-order valence-corrected chi connectivity index (χ0v) is 15.5. The van der Waals surface area contributed by atoms with Crippen LogP contribution in [-0.2, 0) is 11.2 Å². The molecule has 0 aliphatic rings. The molecule has 134 valence electrons. The lowest BCUT2D eigenvalue weighted by Gasteiger charge is -2.06. The molecule has 3 rings (SSSR count). The molecule has 0 saturated carbocycles. The van der Waals surface area contributed by atoms with E-state index in [4.69, 9.17) is 4.42 Å². The van der Waals surface area contributed by atoms with Crippen LogP contribution in [0.5, 0.6) is 0 Å². The molecule has 1 aromatic heterocycles. The fourth-order valence-electron chi connectivity index (χ4n) is 2.81. The molecule has 0 atom stereocenters. The molecule has 26 heavy (non-hydrogen) atoms. The summed E-state index contributed by atoms with van der Waals surface area (Å²) in [5.74, 6) is 0.692. The third-order valence-electron chi connectivity index (χ3n) is 4.29. The number of aromatic nitrogens is 2. The summed E-state index contributed by atoms with van der Waals surface area (Å²) >= 11 is 0. The first-order chi connectivity index (χ1) is 12.4. The van der Waals surface area contributed by atoms with Crippen LogP contribution in [0.25, 0.3) is 11.5 Å². The Morgan fingerprint density at radius 3 is 2.46 bits per heavy atom. The molecule has 1 N–H and O–H groups in total. The van der Waals surface area contributed by atoms with Gasteiger partial charge in [0, 0.05) is 5.56 Å². The van der Waals surface area contributed by atoms with Gasteiger partial charge in [-0.15, -0.1) is 5.10 Å². The van der Waals surface area contributed by atoms with E-state index in [0.717, 1.165) is 16.7 Å². The second-order valence-corrected chi connectivity index (χ2v) is 6.85.